The van der Waals surface area contributed by atoms with E-state index in [0.717, 1.165) is 0 Å². The van der Waals surface area contributed by atoms with Crippen LogP contribution < -0.4 is 0 Å². The number of nitrogens with zero attached hydrogens (tertiary/aromatic N) is 2. The normalized spacial score (nSPS) is 24.6. The molecule has 1 saturated heterocycles. The van der Waals surface area contributed by atoms with Gasteiger partial charge in [-0.25, -0.2) is 8.78 Å². The topological polar surface area (TPSA) is 23.6 Å². The Morgan fingerprint density at radius 3 is 2.71 bits per heavy atom. The predicted octanol–water partition coefficient (Wildman–Crippen LogP) is 1.61. The second-order valence-electron chi connectivity index (χ2n) is 5.05. The molecule has 1 aliphatic heterocycles. The summed E-state index contributed by atoms with van der Waals surface area (Å²) in [5.41, 5.74) is 0. The summed E-state index contributed by atoms with van der Waals surface area (Å²) in [6, 6.07) is 0. The van der Waals surface area contributed by atoms with Crippen molar-refractivity contribution in [2.75, 3.05) is 33.7 Å². The molecule has 0 radical (unpaired) electrons. The molecular formula is C12H20F2N2O. The number of halogens is 2. The third-order valence-electron chi connectivity index (χ3n) is 2.64. The van der Waals surface area contributed by atoms with Crippen LogP contribution in [0.25, 0.3) is 0 Å². The molecule has 1 rings (SSSR count). The first-order valence-corrected chi connectivity index (χ1v) is 5.78. The first-order chi connectivity index (χ1) is 7.80. The lowest BCUT2D eigenvalue weighted by molar-refractivity contribution is -0.140. The number of carbonyl (C=O) groups excluding carboxylic acids is 1. The highest BCUT2D eigenvalue weighted by atomic mass is 19.3. The molecule has 17 heavy (non-hydrogen) atoms. The van der Waals surface area contributed by atoms with Crippen molar-refractivity contribution in [3.63, 3.8) is 0 Å². The Hall–Kier alpha value is -0.970. The van der Waals surface area contributed by atoms with E-state index in [-0.39, 0.29) is 18.2 Å². The van der Waals surface area contributed by atoms with Gasteiger partial charge in [-0.1, -0.05) is 13.0 Å². The van der Waals surface area contributed by atoms with E-state index in [1.807, 2.05) is 19.0 Å². The van der Waals surface area contributed by atoms with Gasteiger partial charge in [-0.3, -0.25) is 4.79 Å². The fourth-order valence-electron chi connectivity index (χ4n) is 2.00. The van der Waals surface area contributed by atoms with Crippen LogP contribution in [0.1, 0.15) is 13.3 Å². The maximum Gasteiger partial charge on any atom is 0.265 e. The second-order valence-corrected chi connectivity index (χ2v) is 5.05. The number of hydrogen-bond acceptors (Lipinski definition) is 2. The number of piperidine rings is 1. The van der Waals surface area contributed by atoms with Gasteiger partial charge in [0.15, 0.2) is 0 Å². The summed E-state index contributed by atoms with van der Waals surface area (Å²) in [4.78, 5) is 14.8. The number of hydrogen-bond donors (Lipinski definition) is 0. The Morgan fingerprint density at radius 1 is 1.53 bits per heavy atom. The molecule has 1 aliphatic rings. The summed E-state index contributed by atoms with van der Waals surface area (Å²) in [6.07, 6.45) is 2.95. The average Bonchev–Trinajstić information content (AvgIpc) is 2.13. The highest BCUT2D eigenvalue weighted by Crippen LogP contribution is 2.30. The third-order valence-corrected chi connectivity index (χ3v) is 2.64. The van der Waals surface area contributed by atoms with E-state index >= 15 is 0 Å². The van der Waals surface area contributed by atoms with Gasteiger partial charge in [-0.15, -0.1) is 0 Å². The Kier molecular flexibility index (Phi) is 4.62. The van der Waals surface area contributed by atoms with Crippen molar-refractivity contribution in [3.8, 4) is 0 Å². The number of carbonyl (C=O) groups is 1. The fourth-order valence-corrected chi connectivity index (χ4v) is 2.00. The number of alkyl halides is 2. The largest absolute Gasteiger partial charge is 0.333 e. The first kappa shape index (κ1) is 14.1. The summed E-state index contributed by atoms with van der Waals surface area (Å²) in [6.45, 7) is 2.34. The maximum absolute atomic E-state index is 13.3. The maximum atomic E-state index is 13.3. The van der Waals surface area contributed by atoms with Crippen molar-refractivity contribution in [2.45, 2.75) is 19.3 Å². The lowest BCUT2D eigenvalue weighted by Crippen LogP contribution is -2.48. The van der Waals surface area contributed by atoms with Gasteiger partial charge in [0.2, 0.25) is 5.91 Å². The van der Waals surface area contributed by atoms with Crippen molar-refractivity contribution in [2.24, 2.45) is 5.92 Å². The molecule has 1 atom stereocenters. The van der Waals surface area contributed by atoms with Gasteiger partial charge < -0.3 is 9.80 Å². The lowest BCUT2D eigenvalue weighted by atomic mass is 9.97. The predicted molar refractivity (Wildman–Crippen MR) is 63.0 cm³/mol. The Balaban J connectivity index is 2.54. The monoisotopic (exact) mass is 246 g/mol. The van der Waals surface area contributed by atoms with Gasteiger partial charge >= 0.3 is 0 Å². The van der Waals surface area contributed by atoms with Crippen LogP contribution >= 0.6 is 0 Å². The van der Waals surface area contributed by atoms with Crippen LogP contribution in [-0.4, -0.2) is 55.4 Å². The van der Waals surface area contributed by atoms with Crippen LogP contribution in [0.3, 0.4) is 0 Å². The second kappa shape index (κ2) is 5.58. The van der Waals surface area contributed by atoms with Crippen LogP contribution in [0.15, 0.2) is 12.2 Å². The molecule has 1 amide bonds. The number of rotatable bonds is 3. The van der Waals surface area contributed by atoms with Gasteiger partial charge in [0, 0.05) is 25.6 Å². The Labute approximate surface area is 101 Å². The highest BCUT2D eigenvalue weighted by Gasteiger charge is 2.39. The van der Waals surface area contributed by atoms with E-state index in [4.69, 9.17) is 0 Å². The SMILES string of the molecule is C[C@H]1CN(C(=O)/C=C/CN(C)C)CC(F)(F)C1. The zero-order chi connectivity index (χ0) is 13.1. The molecule has 0 spiro atoms. The van der Waals surface area contributed by atoms with Crippen molar-refractivity contribution in [1.29, 1.82) is 0 Å². The van der Waals surface area contributed by atoms with Gasteiger partial charge in [-0.2, -0.15) is 0 Å². The summed E-state index contributed by atoms with van der Waals surface area (Å²) in [5, 5.41) is 0. The van der Waals surface area contributed by atoms with Crippen molar-refractivity contribution in [1.82, 2.24) is 9.80 Å². The molecule has 1 fully saturated rings. The molecule has 0 aromatic carbocycles. The average molecular weight is 246 g/mol. The summed E-state index contributed by atoms with van der Waals surface area (Å²) in [7, 11) is 3.76. The summed E-state index contributed by atoms with van der Waals surface area (Å²) < 4.78 is 26.6. The molecule has 0 bridgehead atoms. The molecule has 0 aromatic rings. The third kappa shape index (κ3) is 4.81. The minimum absolute atomic E-state index is 0.127. The molecule has 0 saturated carbocycles. The molecule has 3 nitrogen and oxygen atoms in total. The summed E-state index contributed by atoms with van der Waals surface area (Å²) >= 11 is 0. The molecule has 1 heterocycles. The number of amides is 1. The van der Waals surface area contributed by atoms with Crippen molar-refractivity contribution < 1.29 is 13.6 Å². The lowest BCUT2D eigenvalue weighted by Gasteiger charge is -2.35. The van der Waals surface area contributed by atoms with Crippen molar-refractivity contribution in [3.05, 3.63) is 12.2 Å². The van der Waals surface area contributed by atoms with Gasteiger partial charge in [-0.05, 0) is 20.0 Å². The van der Waals surface area contributed by atoms with E-state index in [2.05, 4.69) is 0 Å². The Morgan fingerprint density at radius 2 is 2.18 bits per heavy atom. The standard InChI is InChI=1S/C12H20F2N2O/c1-10-7-12(13,14)9-16(8-10)11(17)5-4-6-15(2)3/h4-5,10H,6-9H2,1-3H3/b5-4+/t10-/m1/s1. The van der Waals surface area contributed by atoms with Crippen LogP contribution in [0.4, 0.5) is 8.78 Å². The van der Waals surface area contributed by atoms with Crippen LogP contribution in [0.2, 0.25) is 0 Å². The minimum Gasteiger partial charge on any atom is -0.333 e. The molecule has 0 aliphatic carbocycles. The molecule has 0 aromatic heterocycles. The zero-order valence-electron chi connectivity index (χ0n) is 10.6. The summed E-state index contributed by atoms with van der Waals surface area (Å²) in [5.74, 6) is -3.22. The van der Waals surface area contributed by atoms with Gasteiger partial charge in [0.1, 0.15) is 0 Å². The fraction of sp³-hybridized carbons (Fsp3) is 0.750. The highest BCUT2D eigenvalue weighted by molar-refractivity contribution is 5.87. The van der Waals surface area contributed by atoms with E-state index in [9.17, 15) is 13.6 Å². The van der Waals surface area contributed by atoms with E-state index in [0.29, 0.717) is 13.1 Å². The van der Waals surface area contributed by atoms with Crippen LogP contribution in [0.5, 0.6) is 0 Å². The van der Waals surface area contributed by atoms with E-state index < -0.39 is 12.5 Å². The Bertz CT molecular complexity index is 303. The molecule has 5 heteroatoms. The molecule has 0 unspecified atom stereocenters. The molecular weight excluding hydrogens is 226 g/mol. The zero-order valence-corrected chi connectivity index (χ0v) is 10.6. The first-order valence-electron chi connectivity index (χ1n) is 5.78. The molecule has 0 N–H and O–H groups in total. The van der Waals surface area contributed by atoms with E-state index in [1.54, 1.807) is 13.0 Å². The minimum atomic E-state index is -2.75. The van der Waals surface area contributed by atoms with Gasteiger partial charge in [0.05, 0.1) is 6.54 Å². The van der Waals surface area contributed by atoms with Gasteiger partial charge in [0.25, 0.3) is 5.92 Å². The van der Waals surface area contributed by atoms with Crippen LogP contribution in [-0.2, 0) is 4.79 Å². The smallest absolute Gasteiger partial charge is 0.265 e. The number of likely N-dealkylation sites (tertiary alicyclic amines) is 1. The quantitative estimate of drug-likeness (QED) is 0.706. The molecule has 98 valence electrons. The van der Waals surface area contributed by atoms with E-state index in [1.165, 1.54) is 11.0 Å². The van der Waals surface area contributed by atoms with Crippen LogP contribution in [0, 0.1) is 5.92 Å². The van der Waals surface area contributed by atoms with Crippen molar-refractivity contribution >= 4 is 5.91 Å². The number of likely N-dealkylation sites (N-methyl/N-ethyl adjacent to an activating group) is 1.